The molecule has 2 amide bonds. The molecule has 0 aliphatic carbocycles. The van der Waals surface area contributed by atoms with E-state index in [9.17, 15) is 14.4 Å². The number of amides is 2. The van der Waals surface area contributed by atoms with Crippen LogP contribution in [0.5, 0.6) is 0 Å². The first kappa shape index (κ1) is 16.4. The molecule has 0 unspecified atom stereocenters. The number of carbonyl (C=O) groups excluding carboxylic acids is 3. The van der Waals surface area contributed by atoms with E-state index >= 15 is 0 Å². The molecule has 1 aliphatic rings. The van der Waals surface area contributed by atoms with Crippen LogP contribution in [-0.4, -0.2) is 47.2 Å². The Hall–Kier alpha value is -2.97. The Balaban J connectivity index is 2.15. The maximum absolute atomic E-state index is 12.0. The third-order valence-electron chi connectivity index (χ3n) is 2.99. The van der Waals surface area contributed by atoms with E-state index in [1.807, 2.05) is 0 Å². The van der Waals surface area contributed by atoms with Gasteiger partial charge < -0.3 is 20.1 Å². The lowest BCUT2D eigenvalue weighted by Crippen LogP contribution is -2.50. The molecule has 23 heavy (non-hydrogen) atoms. The van der Waals surface area contributed by atoms with Crippen molar-refractivity contribution in [1.29, 1.82) is 0 Å². The fourth-order valence-electron chi connectivity index (χ4n) is 2.01. The quantitative estimate of drug-likeness (QED) is 0.741. The summed E-state index contributed by atoms with van der Waals surface area (Å²) < 4.78 is 10.0. The van der Waals surface area contributed by atoms with E-state index < -0.39 is 24.0 Å². The first-order valence-electron chi connectivity index (χ1n) is 6.93. The SMILES string of the molecule is CCOC(=O)C1=C(COC(=O)c2cnccn2)NC(=O)N[C@H]1C. The number of urea groups is 1. The van der Waals surface area contributed by atoms with Crippen molar-refractivity contribution in [2.24, 2.45) is 0 Å². The number of rotatable bonds is 5. The Morgan fingerprint density at radius 2 is 2.04 bits per heavy atom. The predicted octanol–water partition coefficient (Wildman–Crippen LogP) is 0.152. The maximum atomic E-state index is 12.0. The summed E-state index contributed by atoms with van der Waals surface area (Å²) in [6.45, 7) is 3.21. The number of ether oxygens (including phenoxy) is 2. The second-order valence-corrected chi connectivity index (χ2v) is 4.60. The molecule has 0 saturated carbocycles. The van der Waals surface area contributed by atoms with Crippen LogP contribution < -0.4 is 10.6 Å². The molecule has 2 N–H and O–H groups in total. The molecule has 0 radical (unpaired) electrons. The lowest BCUT2D eigenvalue weighted by atomic mass is 10.0. The van der Waals surface area contributed by atoms with E-state index in [2.05, 4.69) is 20.6 Å². The van der Waals surface area contributed by atoms with Gasteiger partial charge in [-0.1, -0.05) is 0 Å². The zero-order valence-electron chi connectivity index (χ0n) is 12.7. The summed E-state index contributed by atoms with van der Waals surface area (Å²) in [5.41, 5.74) is 0.412. The van der Waals surface area contributed by atoms with Crippen LogP contribution in [0.3, 0.4) is 0 Å². The Morgan fingerprint density at radius 1 is 1.26 bits per heavy atom. The van der Waals surface area contributed by atoms with Crippen molar-refractivity contribution in [3.8, 4) is 0 Å². The summed E-state index contributed by atoms with van der Waals surface area (Å²) in [7, 11) is 0. The molecule has 2 rings (SSSR count). The van der Waals surface area contributed by atoms with E-state index in [1.165, 1.54) is 18.6 Å². The molecule has 1 aromatic rings. The normalized spacial score (nSPS) is 17.1. The van der Waals surface area contributed by atoms with Crippen molar-refractivity contribution < 1.29 is 23.9 Å². The average Bonchev–Trinajstić information content (AvgIpc) is 2.53. The summed E-state index contributed by atoms with van der Waals surface area (Å²) >= 11 is 0. The lowest BCUT2D eigenvalue weighted by Gasteiger charge is -2.26. The van der Waals surface area contributed by atoms with Crippen molar-refractivity contribution in [2.75, 3.05) is 13.2 Å². The minimum Gasteiger partial charge on any atom is -0.463 e. The van der Waals surface area contributed by atoms with E-state index in [4.69, 9.17) is 9.47 Å². The molecule has 1 atom stereocenters. The van der Waals surface area contributed by atoms with Gasteiger partial charge in [-0.3, -0.25) is 4.98 Å². The predicted molar refractivity (Wildman–Crippen MR) is 77.1 cm³/mol. The van der Waals surface area contributed by atoms with Crippen LogP contribution in [0, 0.1) is 0 Å². The van der Waals surface area contributed by atoms with Gasteiger partial charge in [-0.25, -0.2) is 19.4 Å². The molecule has 1 aromatic heterocycles. The number of nitrogens with one attached hydrogen (secondary N) is 2. The summed E-state index contributed by atoms with van der Waals surface area (Å²) in [5.74, 6) is -1.30. The van der Waals surface area contributed by atoms with Crippen LogP contribution in [0.25, 0.3) is 0 Å². The van der Waals surface area contributed by atoms with Crippen LogP contribution in [0.15, 0.2) is 29.9 Å². The Morgan fingerprint density at radius 3 is 2.70 bits per heavy atom. The maximum Gasteiger partial charge on any atom is 0.358 e. The number of esters is 2. The number of hydrogen-bond acceptors (Lipinski definition) is 7. The second-order valence-electron chi connectivity index (χ2n) is 4.60. The molecular weight excluding hydrogens is 304 g/mol. The van der Waals surface area contributed by atoms with Gasteiger partial charge in [-0.15, -0.1) is 0 Å². The first-order valence-corrected chi connectivity index (χ1v) is 6.93. The zero-order valence-corrected chi connectivity index (χ0v) is 12.7. The highest BCUT2D eigenvalue weighted by molar-refractivity contribution is 5.95. The zero-order chi connectivity index (χ0) is 16.8. The highest BCUT2D eigenvalue weighted by atomic mass is 16.5. The van der Waals surface area contributed by atoms with Crippen molar-refractivity contribution in [1.82, 2.24) is 20.6 Å². The molecule has 0 saturated heterocycles. The fraction of sp³-hybridized carbons (Fsp3) is 0.357. The molecule has 1 aliphatic heterocycles. The number of nitrogens with zero attached hydrogens (tertiary/aromatic N) is 2. The molecule has 0 spiro atoms. The molecule has 122 valence electrons. The topological polar surface area (TPSA) is 120 Å². The minimum atomic E-state index is -0.714. The Bertz CT molecular complexity index is 644. The van der Waals surface area contributed by atoms with Gasteiger partial charge in [0.15, 0.2) is 5.69 Å². The van der Waals surface area contributed by atoms with Crippen molar-refractivity contribution in [2.45, 2.75) is 19.9 Å². The van der Waals surface area contributed by atoms with Crippen molar-refractivity contribution in [3.05, 3.63) is 35.6 Å². The van der Waals surface area contributed by atoms with Crippen LogP contribution >= 0.6 is 0 Å². The summed E-state index contributed by atoms with van der Waals surface area (Å²) in [5, 5.41) is 5.00. The highest BCUT2D eigenvalue weighted by Gasteiger charge is 2.30. The third-order valence-corrected chi connectivity index (χ3v) is 2.99. The number of aromatic nitrogens is 2. The highest BCUT2D eigenvalue weighted by Crippen LogP contribution is 2.15. The molecular formula is C14H16N4O5. The lowest BCUT2D eigenvalue weighted by molar-refractivity contribution is -0.139. The van der Waals surface area contributed by atoms with E-state index in [1.54, 1.807) is 13.8 Å². The van der Waals surface area contributed by atoms with E-state index in [-0.39, 0.29) is 30.2 Å². The largest absolute Gasteiger partial charge is 0.463 e. The first-order chi connectivity index (χ1) is 11.0. The summed E-state index contributed by atoms with van der Waals surface area (Å²) in [6.07, 6.45) is 4.04. The fourth-order valence-corrected chi connectivity index (χ4v) is 2.01. The molecule has 0 bridgehead atoms. The smallest absolute Gasteiger partial charge is 0.358 e. The van der Waals surface area contributed by atoms with Gasteiger partial charge >= 0.3 is 18.0 Å². The summed E-state index contributed by atoms with van der Waals surface area (Å²) in [6, 6.07) is -1.05. The third kappa shape index (κ3) is 4.02. The summed E-state index contributed by atoms with van der Waals surface area (Å²) in [4.78, 5) is 43.0. The monoisotopic (exact) mass is 320 g/mol. The van der Waals surface area contributed by atoms with Crippen LogP contribution in [0.1, 0.15) is 24.3 Å². The van der Waals surface area contributed by atoms with Crippen LogP contribution in [0.2, 0.25) is 0 Å². The van der Waals surface area contributed by atoms with Crippen LogP contribution in [0.4, 0.5) is 4.79 Å². The standard InChI is InChI=1S/C14H16N4O5/c1-3-22-13(20)11-8(2)17-14(21)18-10(11)7-23-12(19)9-6-15-4-5-16-9/h4-6,8H,3,7H2,1-2H3,(H2,17,18,21)/t8-/m0/s1. The average molecular weight is 320 g/mol. The van der Waals surface area contributed by atoms with Gasteiger partial charge in [0.05, 0.1) is 30.1 Å². The van der Waals surface area contributed by atoms with Crippen molar-refractivity contribution >= 4 is 18.0 Å². The molecule has 2 heterocycles. The molecule has 0 aromatic carbocycles. The van der Waals surface area contributed by atoms with Gasteiger partial charge in [0.25, 0.3) is 0 Å². The van der Waals surface area contributed by atoms with Crippen molar-refractivity contribution in [3.63, 3.8) is 0 Å². The number of hydrogen-bond donors (Lipinski definition) is 2. The Labute approximate surface area is 132 Å². The van der Waals surface area contributed by atoms with Gasteiger partial charge in [0.2, 0.25) is 0 Å². The van der Waals surface area contributed by atoms with Gasteiger partial charge in [0, 0.05) is 12.4 Å². The van der Waals surface area contributed by atoms with Gasteiger partial charge in [-0.05, 0) is 13.8 Å². The minimum absolute atomic E-state index is 0.0269. The van der Waals surface area contributed by atoms with Gasteiger partial charge in [0.1, 0.15) is 6.61 Å². The molecule has 9 heteroatoms. The van der Waals surface area contributed by atoms with E-state index in [0.717, 1.165) is 0 Å². The van der Waals surface area contributed by atoms with Crippen LogP contribution in [-0.2, 0) is 14.3 Å². The molecule has 0 fully saturated rings. The molecule has 9 nitrogen and oxygen atoms in total. The van der Waals surface area contributed by atoms with Gasteiger partial charge in [-0.2, -0.15) is 0 Å². The second kappa shape index (κ2) is 7.34. The van der Waals surface area contributed by atoms with E-state index in [0.29, 0.717) is 0 Å². The number of carbonyl (C=O) groups is 3. The Kier molecular flexibility index (Phi) is 5.23.